The third kappa shape index (κ3) is 8.74. The van der Waals surface area contributed by atoms with Crippen LogP contribution in [0.15, 0.2) is 11.6 Å². The van der Waals surface area contributed by atoms with Crippen molar-refractivity contribution in [2.24, 2.45) is 92.7 Å². The molecule has 7 unspecified atom stereocenters. The Balaban J connectivity index is 0.000000183. The minimum atomic E-state index is -4.38. The van der Waals surface area contributed by atoms with Gasteiger partial charge in [-0.2, -0.15) is 8.42 Å². The number of carboxylic acid groups (broad SMARTS) is 1. The SMILES string of the molecule is CC(C)CCC[C@@H](C)[C@H]1CCC2C3CC=C4CC(OS(=O)(=O)O)CC[C@]4(C)C3CC[C@@]21C.C[C@H](CCC(=O)O)[C@H]1CCC2C3CC[C@@H]4C[C@H](O)CC[C@]4(C)C3C[C@H](O)[C@@]21C. The first kappa shape index (κ1) is 47.0. The van der Waals surface area contributed by atoms with Crippen LogP contribution < -0.4 is 0 Å². The number of aliphatic hydroxyl groups excluding tert-OH is 2. The summed E-state index contributed by atoms with van der Waals surface area (Å²) < 4.78 is 36.6. The van der Waals surface area contributed by atoms with E-state index >= 15 is 0 Å². The van der Waals surface area contributed by atoms with E-state index < -0.39 is 22.5 Å². The fourth-order valence-corrected chi connectivity index (χ4v) is 18.1. The molecule has 8 aliphatic rings. The third-order valence-electron chi connectivity index (χ3n) is 20.8. The second kappa shape index (κ2) is 17.8. The summed E-state index contributed by atoms with van der Waals surface area (Å²) in [6.45, 7) is 19.3. The van der Waals surface area contributed by atoms with Gasteiger partial charge in [0.1, 0.15) is 0 Å². The Morgan fingerprint density at radius 2 is 1.43 bits per heavy atom. The number of aliphatic hydroxyl groups is 2. The summed E-state index contributed by atoms with van der Waals surface area (Å²) in [6.07, 6.45) is 24.4. The summed E-state index contributed by atoms with van der Waals surface area (Å²) in [4.78, 5) is 11.1. The van der Waals surface area contributed by atoms with Gasteiger partial charge in [0.2, 0.25) is 0 Å². The number of aliphatic carboxylic acids is 1. The average Bonchev–Trinajstić information content (AvgIpc) is 3.72. The van der Waals surface area contributed by atoms with Gasteiger partial charge in [-0.25, -0.2) is 4.18 Å². The fraction of sp³-hybridized carbons (Fsp3) is 0.941. The van der Waals surface area contributed by atoms with Gasteiger partial charge < -0.3 is 15.3 Å². The van der Waals surface area contributed by atoms with Gasteiger partial charge in [0.15, 0.2) is 0 Å². The zero-order chi connectivity index (χ0) is 43.6. The molecule has 0 spiro atoms. The predicted octanol–water partition coefficient (Wildman–Crippen LogP) is 11.7. The molecule has 0 radical (unpaired) electrons. The maximum Gasteiger partial charge on any atom is 0.397 e. The van der Waals surface area contributed by atoms with Gasteiger partial charge in [0.05, 0.1) is 18.3 Å². The second-order valence-corrected chi connectivity index (χ2v) is 25.0. The first-order valence-corrected chi connectivity index (χ1v) is 26.4. The van der Waals surface area contributed by atoms with Gasteiger partial charge in [-0.1, -0.05) is 86.3 Å². The molecule has 9 heteroatoms. The fourth-order valence-electron chi connectivity index (χ4n) is 17.6. The molecule has 7 fully saturated rings. The van der Waals surface area contributed by atoms with Crippen LogP contribution >= 0.6 is 0 Å². The van der Waals surface area contributed by atoms with Crippen molar-refractivity contribution < 1.29 is 37.3 Å². The largest absolute Gasteiger partial charge is 0.481 e. The lowest BCUT2D eigenvalue weighted by Gasteiger charge is -2.62. The van der Waals surface area contributed by atoms with Crippen LogP contribution in [0.4, 0.5) is 0 Å². The normalized spacial score (nSPS) is 46.9. The molecule has 4 N–H and O–H groups in total. The highest BCUT2D eigenvalue weighted by molar-refractivity contribution is 7.80. The summed E-state index contributed by atoms with van der Waals surface area (Å²) in [5.74, 6) is 7.38. The van der Waals surface area contributed by atoms with Gasteiger partial charge in [-0.05, 0) is 202 Å². The van der Waals surface area contributed by atoms with E-state index in [4.69, 9.17) is 13.8 Å². The van der Waals surface area contributed by atoms with Crippen LogP contribution in [0.2, 0.25) is 0 Å². The van der Waals surface area contributed by atoms with Crippen molar-refractivity contribution in [3.63, 3.8) is 0 Å². The second-order valence-electron chi connectivity index (χ2n) is 24.0. The van der Waals surface area contributed by atoms with E-state index in [0.29, 0.717) is 59.7 Å². The van der Waals surface area contributed by atoms with Gasteiger partial charge in [0.25, 0.3) is 0 Å². The van der Waals surface area contributed by atoms with E-state index in [-0.39, 0.29) is 34.9 Å². The molecule has 8 aliphatic carbocycles. The smallest absolute Gasteiger partial charge is 0.397 e. The topological polar surface area (TPSA) is 141 Å². The number of hydrogen-bond acceptors (Lipinski definition) is 6. The van der Waals surface area contributed by atoms with Crippen molar-refractivity contribution in [3.05, 3.63) is 11.6 Å². The lowest BCUT2D eigenvalue weighted by Crippen LogP contribution is -2.58. The first-order chi connectivity index (χ1) is 28.1. The highest BCUT2D eigenvalue weighted by atomic mass is 32.3. The quantitative estimate of drug-likeness (QED) is 0.119. The summed E-state index contributed by atoms with van der Waals surface area (Å²) in [5.41, 5.74) is 2.27. The van der Waals surface area contributed by atoms with Gasteiger partial charge >= 0.3 is 16.4 Å². The summed E-state index contributed by atoms with van der Waals surface area (Å²) in [6, 6.07) is 0. The monoisotopic (exact) mass is 859 g/mol. The van der Waals surface area contributed by atoms with Crippen LogP contribution in [0.5, 0.6) is 0 Å². The standard InChI is InChI=1S/C27H46O4S.C24H40O4/c1-18(2)7-6-8-19(3)23-11-12-24-22-10-9-20-17-21(31-32(28,29)30)13-15-26(20,4)25(22)14-16-27(23,24)5;1-14(4-9-22(27)28)18-7-8-19-17-6-5-15-12-16(25)10-11-23(15,2)20(17)13-21(26)24(18,19)3/h9,18-19,21-25H,6-8,10-17H2,1-5H3,(H,28,29,30);14-21,25-26H,4-13H2,1-3H3,(H,27,28)/t19-,21?,22?,23-,24?,25?,26+,27-;14-,15-,16-,17?,18-,19?,20?,21+,23+,24-/m11/s1. The lowest BCUT2D eigenvalue weighted by molar-refractivity contribution is -0.175. The molecule has 0 aromatic rings. The van der Waals surface area contributed by atoms with Crippen LogP contribution in [-0.4, -0.2) is 52.6 Å². The molecule has 344 valence electrons. The van der Waals surface area contributed by atoms with Crippen LogP contribution in [0.3, 0.4) is 0 Å². The summed E-state index contributed by atoms with van der Waals surface area (Å²) in [5, 5.41) is 30.8. The van der Waals surface area contributed by atoms with Crippen molar-refractivity contribution in [2.45, 2.75) is 209 Å². The molecular weight excluding hydrogens is 773 g/mol. The summed E-state index contributed by atoms with van der Waals surface area (Å²) in [7, 11) is -4.38. The molecule has 0 saturated heterocycles. The van der Waals surface area contributed by atoms with E-state index in [0.717, 1.165) is 81.0 Å². The van der Waals surface area contributed by atoms with Crippen LogP contribution in [0.1, 0.15) is 190 Å². The van der Waals surface area contributed by atoms with Gasteiger partial charge in [0, 0.05) is 6.42 Å². The van der Waals surface area contributed by atoms with Crippen molar-refractivity contribution in [1.82, 2.24) is 0 Å². The first-order valence-electron chi connectivity index (χ1n) is 25.0. The molecule has 0 heterocycles. The number of carbonyl (C=O) groups is 1. The Morgan fingerprint density at radius 3 is 2.13 bits per heavy atom. The predicted molar refractivity (Wildman–Crippen MR) is 238 cm³/mol. The molecule has 18 atom stereocenters. The maximum absolute atomic E-state index is 11.5. The van der Waals surface area contributed by atoms with Crippen LogP contribution in [0.25, 0.3) is 0 Å². The van der Waals surface area contributed by atoms with E-state index in [1.54, 1.807) is 0 Å². The van der Waals surface area contributed by atoms with Crippen LogP contribution in [-0.2, 0) is 19.4 Å². The lowest BCUT2D eigenvalue weighted by atomic mass is 9.43. The molecule has 0 amide bonds. The Kier molecular flexibility index (Phi) is 13.9. The zero-order valence-corrected chi connectivity index (χ0v) is 39.7. The number of carboxylic acids is 1. The Bertz CT molecular complexity index is 1660. The van der Waals surface area contributed by atoms with Crippen LogP contribution in [0, 0.1) is 92.7 Å². The number of rotatable bonds is 11. The van der Waals surface area contributed by atoms with Crippen molar-refractivity contribution in [2.75, 3.05) is 0 Å². The molecule has 0 bridgehead atoms. The Labute approximate surface area is 365 Å². The van der Waals surface area contributed by atoms with E-state index in [2.05, 4.69) is 61.5 Å². The molecule has 0 aliphatic heterocycles. The molecule has 0 aromatic carbocycles. The maximum atomic E-state index is 11.5. The van der Waals surface area contributed by atoms with Gasteiger partial charge in [-0.3, -0.25) is 9.35 Å². The highest BCUT2D eigenvalue weighted by Crippen LogP contribution is 2.70. The number of fused-ring (bicyclic) bond motifs is 10. The van der Waals surface area contributed by atoms with E-state index in [1.807, 2.05) is 0 Å². The Morgan fingerprint density at radius 1 is 0.750 bits per heavy atom. The molecule has 8 rings (SSSR count). The minimum Gasteiger partial charge on any atom is -0.481 e. The van der Waals surface area contributed by atoms with Crippen molar-refractivity contribution >= 4 is 16.4 Å². The molecular formula is C51H86O8S. The molecule has 60 heavy (non-hydrogen) atoms. The summed E-state index contributed by atoms with van der Waals surface area (Å²) >= 11 is 0. The minimum absolute atomic E-state index is 0.0591. The van der Waals surface area contributed by atoms with Gasteiger partial charge in [-0.15, -0.1) is 0 Å². The van der Waals surface area contributed by atoms with E-state index in [1.165, 1.54) is 69.8 Å². The van der Waals surface area contributed by atoms with E-state index in [9.17, 15) is 23.4 Å². The Hall–Kier alpha value is -1.00. The average molecular weight is 859 g/mol. The zero-order valence-electron chi connectivity index (χ0n) is 38.9. The molecule has 7 saturated carbocycles. The third-order valence-corrected chi connectivity index (χ3v) is 21.3. The van der Waals surface area contributed by atoms with Crippen molar-refractivity contribution in [1.29, 1.82) is 0 Å². The molecule has 8 nitrogen and oxygen atoms in total. The van der Waals surface area contributed by atoms with Crippen molar-refractivity contribution in [3.8, 4) is 0 Å². The number of hydrogen-bond donors (Lipinski definition) is 4. The number of allylic oxidation sites excluding steroid dienone is 1. The molecule has 0 aromatic heterocycles. The highest BCUT2D eigenvalue weighted by Gasteiger charge is 2.64.